The maximum absolute atomic E-state index is 13.4. The van der Waals surface area contributed by atoms with Gasteiger partial charge in [-0.3, -0.25) is 4.79 Å². The number of ether oxygens (including phenoxy) is 3. The average molecular weight is 433 g/mol. The monoisotopic (exact) mass is 432 g/mol. The normalized spacial score (nSPS) is 23.5. The zero-order valence-electron chi connectivity index (χ0n) is 18.9. The third kappa shape index (κ3) is 5.01. The van der Waals surface area contributed by atoms with Gasteiger partial charge in [-0.1, -0.05) is 37.3 Å². The van der Waals surface area contributed by atoms with Crippen LogP contribution in [0, 0.1) is 5.92 Å². The van der Waals surface area contributed by atoms with E-state index in [0.29, 0.717) is 13.0 Å². The number of hydrogen-bond donors (Lipinski definition) is 0. The first kappa shape index (κ1) is 23.1. The molecule has 0 bridgehead atoms. The Morgan fingerprint density at radius 3 is 2.48 bits per heavy atom. The Morgan fingerprint density at radius 2 is 1.87 bits per heavy atom. The first-order chi connectivity index (χ1) is 14.6. The molecule has 8 heteroatoms. The summed E-state index contributed by atoms with van der Waals surface area (Å²) in [7, 11) is 1.52. The minimum absolute atomic E-state index is 0.117. The summed E-state index contributed by atoms with van der Waals surface area (Å²) >= 11 is 0. The second-order valence-corrected chi connectivity index (χ2v) is 9.08. The summed E-state index contributed by atoms with van der Waals surface area (Å²) in [6, 6.07) is 8.54. The molecule has 2 heterocycles. The lowest BCUT2D eigenvalue weighted by molar-refractivity contribution is -0.139. The number of rotatable bonds is 5. The van der Waals surface area contributed by atoms with Crippen LogP contribution in [0.4, 0.5) is 9.59 Å². The van der Waals surface area contributed by atoms with Crippen LogP contribution in [0.2, 0.25) is 0 Å². The van der Waals surface area contributed by atoms with Gasteiger partial charge in [0.1, 0.15) is 18.2 Å². The number of methoxy groups -OCH3 is 1. The van der Waals surface area contributed by atoms with Crippen LogP contribution in [0.15, 0.2) is 30.3 Å². The summed E-state index contributed by atoms with van der Waals surface area (Å²) in [5.74, 6) is -1.03. The van der Waals surface area contributed by atoms with E-state index in [1.807, 2.05) is 51.1 Å². The summed E-state index contributed by atoms with van der Waals surface area (Å²) in [4.78, 5) is 41.4. The SMILES string of the molecule is CO[C@H]([C@@H](C)C(=O)N1C(=O)OC[C@H]1c1ccccc1)[C@@H]1CCCN1C(=O)OC(C)(C)C. The lowest BCUT2D eigenvalue weighted by Gasteiger charge is -2.35. The second-order valence-electron chi connectivity index (χ2n) is 9.08. The number of likely N-dealkylation sites (tertiary alicyclic amines) is 1. The third-order valence-corrected chi connectivity index (χ3v) is 5.76. The summed E-state index contributed by atoms with van der Waals surface area (Å²) in [5, 5.41) is 0. The van der Waals surface area contributed by atoms with Crippen LogP contribution >= 0.6 is 0 Å². The predicted molar refractivity (Wildman–Crippen MR) is 113 cm³/mol. The molecule has 4 atom stereocenters. The van der Waals surface area contributed by atoms with Gasteiger partial charge in [-0.15, -0.1) is 0 Å². The van der Waals surface area contributed by atoms with Gasteiger partial charge < -0.3 is 19.1 Å². The van der Waals surface area contributed by atoms with Crippen molar-refractivity contribution in [2.45, 2.75) is 64.3 Å². The van der Waals surface area contributed by atoms with Gasteiger partial charge in [-0.25, -0.2) is 14.5 Å². The number of amides is 3. The summed E-state index contributed by atoms with van der Waals surface area (Å²) in [6.07, 6.45) is -0.159. The molecule has 0 aliphatic carbocycles. The van der Waals surface area contributed by atoms with Crippen LogP contribution in [0.25, 0.3) is 0 Å². The fourth-order valence-corrected chi connectivity index (χ4v) is 4.32. The van der Waals surface area contributed by atoms with Crippen molar-refractivity contribution in [1.82, 2.24) is 9.80 Å². The molecule has 2 saturated heterocycles. The van der Waals surface area contributed by atoms with Crippen molar-refractivity contribution >= 4 is 18.1 Å². The van der Waals surface area contributed by atoms with E-state index >= 15 is 0 Å². The smallest absolute Gasteiger partial charge is 0.417 e. The van der Waals surface area contributed by atoms with Crippen molar-refractivity contribution in [3.63, 3.8) is 0 Å². The van der Waals surface area contributed by atoms with Crippen molar-refractivity contribution < 1.29 is 28.6 Å². The van der Waals surface area contributed by atoms with E-state index in [0.717, 1.165) is 12.0 Å². The topological polar surface area (TPSA) is 85.4 Å². The Morgan fingerprint density at radius 1 is 1.19 bits per heavy atom. The number of benzene rings is 1. The number of hydrogen-bond acceptors (Lipinski definition) is 6. The molecule has 31 heavy (non-hydrogen) atoms. The average Bonchev–Trinajstić information content (AvgIpc) is 3.34. The Bertz CT molecular complexity index is 806. The van der Waals surface area contributed by atoms with Crippen molar-refractivity contribution in [3.05, 3.63) is 35.9 Å². The van der Waals surface area contributed by atoms with Crippen molar-refractivity contribution in [2.75, 3.05) is 20.3 Å². The lowest BCUT2D eigenvalue weighted by atomic mass is 9.93. The zero-order valence-corrected chi connectivity index (χ0v) is 18.9. The van der Waals surface area contributed by atoms with E-state index < -0.39 is 35.9 Å². The maximum atomic E-state index is 13.4. The van der Waals surface area contributed by atoms with Gasteiger partial charge in [0.15, 0.2) is 0 Å². The van der Waals surface area contributed by atoms with Crippen LogP contribution in [0.5, 0.6) is 0 Å². The second kappa shape index (κ2) is 9.26. The highest BCUT2D eigenvalue weighted by Crippen LogP contribution is 2.33. The molecule has 0 radical (unpaired) electrons. The summed E-state index contributed by atoms with van der Waals surface area (Å²) < 4.78 is 16.5. The molecule has 0 N–H and O–H groups in total. The number of carbonyl (C=O) groups is 3. The van der Waals surface area contributed by atoms with Crippen molar-refractivity contribution in [1.29, 1.82) is 0 Å². The molecule has 0 aromatic heterocycles. The molecule has 2 aliphatic heterocycles. The van der Waals surface area contributed by atoms with E-state index in [4.69, 9.17) is 14.2 Å². The first-order valence-corrected chi connectivity index (χ1v) is 10.7. The molecule has 1 aromatic rings. The minimum Gasteiger partial charge on any atom is -0.446 e. The molecule has 0 saturated carbocycles. The maximum Gasteiger partial charge on any atom is 0.417 e. The quantitative estimate of drug-likeness (QED) is 0.704. The molecule has 2 fully saturated rings. The van der Waals surface area contributed by atoms with Gasteiger partial charge in [0.25, 0.3) is 0 Å². The van der Waals surface area contributed by atoms with Crippen LogP contribution < -0.4 is 0 Å². The van der Waals surface area contributed by atoms with E-state index in [-0.39, 0.29) is 18.6 Å². The molecular formula is C23H32N2O6. The van der Waals surface area contributed by atoms with Crippen molar-refractivity contribution in [3.8, 4) is 0 Å². The molecule has 3 amide bonds. The molecule has 0 spiro atoms. The zero-order chi connectivity index (χ0) is 22.8. The van der Waals surface area contributed by atoms with Gasteiger partial charge >= 0.3 is 12.2 Å². The Hall–Kier alpha value is -2.61. The van der Waals surface area contributed by atoms with Gasteiger partial charge in [-0.2, -0.15) is 0 Å². The van der Waals surface area contributed by atoms with Gasteiger partial charge in [-0.05, 0) is 39.2 Å². The highest BCUT2D eigenvalue weighted by molar-refractivity contribution is 5.95. The summed E-state index contributed by atoms with van der Waals surface area (Å²) in [6.45, 7) is 7.84. The van der Waals surface area contributed by atoms with Crippen LogP contribution in [0.1, 0.15) is 52.1 Å². The predicted octanol–water partition coefficient (Wildman–Crippen LogP) is 3.76. The Labute approximate surface area is 183 Å². The molecule has 3 rings (SSSR count). The highest BCUT2D eigenvalue weighted by atomic mass is 16.6. The number of carbonyl (C=O) groups excluding carboxylic acids is 3. The summed E-state index contributed by atoms with van der Waals surface area (Å²) in [5.41, 5.74) is 0.218. The molecule has 170 valence electrons. The van der Waals surface area contributed by atoms with E-state index in [1.165, 1.54) is 12.0 Å². The van der Waals surface area contributed by atoms with Crippen LogP contribution in [-0.2, 0) is 19.0 Å². The fourth-order valence-electron chi connectivity index (χ4n) is 4.32. The number of cyclic esters (lactones) is 1. The fraction of sp³-hybridized carbons (Fsp3) is 0.609. The number of imide groups is 1. The van der Waals surface area contributed by atoms with Crippen molar-refractivity contribution in [2.24, 2.45) is 5.92 Å². The molecule has 2 aliphatic rings. The molecule has 0 unspecified atom stereocenters. The Kier molecular flexibility index (Phi) is 6.89. The largest absolute Gasteiger partial charge is 0.446 e. The molecule has 1 aromatic carbocycles. The van der Waals surface area contributed by atoms with Gasteiger partial charge in [0.05, 0.1) is 18.1 Å². The third-order valence-electron chi connectivity index (χ3n) is 5.76. The van der Waals surface area contributed by atoms with Gasteiger partial charge in [0, 0.05) is 13.7 Å². The van der Waals surface area contributed by atoms with E-state index in [1.54, 1.807) is 11.8 Å². The standard InChI is InChI=1S/C23H32N2O6/c1-15(19(29-5)17-12-9-13-24(17)21(27)31-23(2,3)4)20(26)25-18(14-30-22(25)28)16-10-7-6-8-11-16/h6-8,10-11,15,17-19H,9,12-14H2,1-5H3/t15-,17+,18+,19-/m1/s1. The molecule has 8 nitrogen and oxygen atoms in total. The van der Waals surface area contributed by atoms with Crippen LogP contribution in [-0.4, -0.2) is 65.9 Å². The molecular weight excluding hydrogens is 400 g/mol. The Balaban J connectivity index is 1.79. The highest BCUT2D eigenvalue weighted by Gasteiger charge is 2.46. The number of nitrogens with zero attached hydrogens (tertiary/aromatic N) is 2. The lowest BCUT2D eigenvalue weighted by Crippen LogP contribution is -2.51. The van der Waals surface area contributed by atoms with E-state index in [9.17, 15) is 14.4 Å². The van der Waals surface area contributed by atoms with Gasteiger partial charge in [0.2, 0.25) is 5.91 Å². The minimum atomic E-state index is -0.658. The first-order valence-electron chi connectivity index (χ1n) is 10.7. The van der Waals surface area contributed by atoms with E-state index in [2.05, 4.69) is 0 Å². The van der Waals surface area contributed by atoms with Crippen LogP contribution in [0.3, 0.4) is 0 Å².